The standard InChI is InChI=1S/C18H12BrF2NO/c19-14-8-9-17(23-18(20)21)13(10-14)11-22-16-7-3-5-12-4-1-2-6-15(12)16/h1-11,18H. The number of benzene rings is 3. The molecule has 0 heterocycles. The van der Waals surface area contributed by atoms with Crippen molar-refractivity contribution in [3.63, 3.8) is 0 Å². The van der Waals surface area contributed by atoms with Crippen molar-refractivity contribution in [2.45, 2.75) is 6.61 Å². The van der Waals surface area contributed by atoms with Gasteiger partial charge in [0, 0.05) is 21.6 Å². The molecule has 3 aromatic rings. The molecule has 0 bridgehead atoms. The zero-order valence-corrected chi connectivity index (χ0v) is 13.5. The molecule has 3 aromatic carbocycles. The van der Waals surface area contributed by atoms with Crippen LogP contribution in [0.25, 0.3) is 10.8 Å². The van der Waals surface area contributed by atoms with E-state index in [0.717, 1.165) is 20.9 Å². The van der Waals surface area contributed by atoms with Gasteiger partial charge in [0.25, 0.3) is 0 Å². The highest BCUT2D eigenvalue weighted by molar-refractivity contribution is 9.10. The van der Waals surface area contributed by atoms with Crippen molar-refractivity contribution >= 4 is 38.6 Å². The van der Waals surface area contributed by atoms with Crippen LogP contribution in [0.3, 0.4) is 0 Å². The fraction of sp³-hybridized carbons (Fsp3) is 0.0556. The molecule has 0 saturated heterocycles. The summed E-state index contributed by atoms with van der Waals surface area (Å²) in [6.45, 7) is -2.87. The van der Waals surface area contributed by atoms with Gasteiger partial charge in [-0.2, -0.15) is 8.78 Å². The normalized spacial score (nSPS) is 11.5. The van der Waals surface area contributed by atoms with Crippen molar-refractivity contribution in [1.82, 2.24) is 0 Å². The molecular weight excluding hydrogens is 364 g/mol. The van der Waals surface area contributed by atoms with E-state index in [4.69, 9.17) is 0 Å². The molecule has 116 valence electrons. The van der Waals surface area contributed by atoms with E-state index in [1.807, 2.05) is 42.5 Å². The zero-order chi connectivity index (χ0) is 16.2. The Labute approximate surface area is 140 Å². The number of fused-ring (bicyclic) bond motifs is 1. The maximum atomic E-state index is 12.5. The smallest absolute Gasteiger partial charge is 0.387 e. The van der Waals surface area contributed by atoms with Gasteiger partial charge in [-0.3, -0.25) is 4.99 Å². The Morgan fingerprint density at radius 3 is 2.61 bits per heavy atom. The highest BCUT2D eigenvalue weighted by Crippen LogP contribution is 2.27. The number of hydrogen-bond acceptors (Lipinski definition) is 2. The Morgan fingerprint density at radius 2 is 1.78 bits per heavy atom. The van der Waals surface area contributed by atoms with Gasteiger partial charge in [0.05, 0.1) is 5.69 Å². The molecule has 0 spiro atoms. The first-order chi connectivity index (χ1) is 11.1. The van der Waals surface area contributed by atoms with Crippen LogP contribution >= 0.6 is 15.9 Å². The minimum absolute atomic E-state index is 0.0900. The van der Waals surface area contributed by atoms with Gasteiger partial charge in [-0.15, -0.1) is 0 Å². The number of alkyl halides is 2. The Bertz CT molecular complexity index is 859. The van der Waals surface area contributed by atoms with Gasteiger partial charge in [0.2, 0.25) is 0 Å². The second-order valence-corrected chi connectivity index (χ2v) is 5.73. The van der Waals surface area contributed by atoms with Crippen molar-refractivity contribution < 1.29 is 13.5 Å². The van der Waals surface area contributed by atoms with Crippen molar-refractivity contribution in [2.75, 3.05) is 0 Å². The Morgan fingerprint density at radius 1 is 1.00 bits per heavy atom. The molecule has 0 N–H and O–H groups in total. The summed E-state index contributed by atoms with van der Waals surface area (Å²) in [5.41, 5.74) is 1.25. The molecule has 0 radical (unpaired) electrons. The predicted molar refractivity (Wildman–Crippen MR) is 92.0 cm³/mol. The van der Waals surface area contributed by atoms with Crippen LogP contribution in [0.15, 0.2) is 70.1 Å². The summed E-state index contributed by atoms with van der Waals surface area (Å²) in [5.74, 6) is 0.0900. The fourth-order valence-electron chi connectivity index (χ4n) is 2.28. The molecule has 0 aliphatic rings. The minimum atomic E-state index is -2.87. The zero-order valence-electron chi connectivity index (χ0n) is 11.9. The Hall–Kier alpha value is -2.27. The van der Waals surface area contributed by atoms with Crippen molar-refractivity contribution in [3.05, 3.63) is 70.7 Å². The molecule has 0 saturated carbocycles. The van der Waals surface area contributed by atoms with Gasteiger partial charge >= 0.3 is 6.61 Å². The van der Waals surface area contributed by atoms with Gasteiger partial charge in [0.15, 0.2) is 0 Å². The topological polar surface area (TPSA) is 21.6 Å². The van der Waals surface area contributed by atoms with E-state index >= 15 is 0 Å². The maximum Gasteiger partial charge on any atom is 0.387 e. The van der Waals surface area contributed by atoms with Gasteiger partial charge in [-0.05, 0) is 29.7 Å². The van der Waals surface area contributed by atoms with Gasteiger partial charge < -0.3 is 4.74 Å². The summed E-state index contributed by atoms with van der Waals surface area (Å²) < 4.78 is 30.3. The van der Waals surface area contributed by atoms with Crippen LogP contribution in [0.5, 0.6) is 5.75 Å². The molecule has 0 unspecified atom stereocenters. The van der Waals surface area contributed by atoms with E-state index in [1.165, 1.54) is 12.3 Å². The van der Waals surface area contributed by atoms with E-state index in [1.54, 1.807) is 12.1 Å². The quantitative estimate of drug-likeness (QED) is 0.516. The lowest BCUT2D eigenvalue weighted by Gasteiger charge is -2.08. The van der Waals surface area contributed by atoms with E-state index in [-0.39, 0.29) is 5.75 Å². The van der Waals surface area contributed by atoms with Crippen LogP contribution in [0.4, 0.5) is 14.5 Å². The summed E-state index contributed by atoms with van der Waals surface area (Å²) in [6, 6.07) is 18.5. The third-order valence-electron chi connectivity index (χ3n) is 3.30. The van der Waals surface area contributed by atoms with Gasteiger partial charge in [-0.25, -0.2) is 0 Å². The molecule has 23 heavy (non-hydrogen) atoms. The predicted octanol–water partition coefficient (Wildman–Crippen LogP) is 5.95. The first-order valence-electron chi connectivity index (χ1n) is 6.90. The Balaban J connectivity index is 2.00. The van der Waals surface area contributed by atoms with Crippen LogP contribution in [0.1, 0.15) is 5.56 Å². The van der Waals surface area contributed by atoms with Crippen LogP contribution in [-0.4, -0.2) is 12.8 Å². The molecule has 0 aliphatic heterocycles. The van der Waals surface area contributed by atoms with Gasteiger partial charge in [-0.1, -0.05) is 52.3 Å². The van der Waals surface area contributed by atoms with Crippen LogP contribution in [0.2, 0.25) is 0 Å². The second-order valence-electron chi connectivity index (χ2n) is 4.82. The van der Waals surface area contributed by atoms with Crippen LogP contribution < -0.4 is 4.74 Å². The van der Waals surface area contributed by atoms with Crippen LogP contribution in [0, 0.1) is 0 Å². The molecule has 0 aromatic heterocycles. The lowest BCUT2D eigenvalue weighted by Crippen LogP contribution is -2.04. The molecular formula is C18H12BrF2NO. The third kappa shape index (κ3) is 3.74. The number of nitrogens with zero attached hydrogens (tertiary/aromatic N) is 1. The molecule has 0 aliphatic carbocycles. The van der Waals surface area contributed by atoms with Crippen molar-refractivity contribution in [3.8, 4) is 5.75 Å². The number of hydrogen-bond donors (Lipinski definition) is 0. The monoisotopic (exact) mass is 375 g/mol. The summed E-state index contributed by atoms with van der Waals surface area (Å²) in [4.78, 5) is 4.44. The fourth-order valence-corrected chi connectivity index (χ4v) is 2.66. The molecule has 2 nitrogen and oxygen atoms in total. The largest absolute Gasteiger partial charge is 0.434 e. The highest BCUT2D eigenvalue weighted by atomic mass is 79.9. The highest BCUT2D eigenvalue weighted by Gasteiger charge is 2.09. The maximum absolute atomic E-state index is 12.5. The average molecular weight is 376 g/mol. The van der Waals surface area contributed by atoms with E-state index in [2.05, 4.69) is 25.7 Å². The number of aliphatic imine (C=N–C) groups is 1. The van der Waals surface area contributed by atoms with Crippen LogP contribution in [-0.2, 0) is 0 Å². The summed E-state index contributed by atoms with van der Waals surface area (Å²) >= 11 is 3.32. The number of rotatable bonds is 4. The first kappa shape index (κ1) is 15.6. The molecule has 0 amide bonds. The number of halogens is 3. The van der Waals surface area contributed by atoms with Crippen molar-refractivity contribution in [1.29, 1.82) is 0 Å². The molecule has 0 atom stereocenters. The Kier molecular flexibility index (Phi) is 4.67. The lowest BCUT2D eigenvalue weighted by molar-refractivity contribution is -0.0499. The summed E-state index contributed by atoms with van der Waals surface area (Å²) in [7, 11) is 0. The van der Waals surface area contributed by atoms with Gasteiger partial charge in [0.1, 0.15) is 5.75 Å². The minimum Gasteiger partial charge on any atom is -0.434 e. The van der Waals surface area contributed by atoms with Crippen molar-refractivity contribution in [2.24, 2.45) is 4.99 Å². The van der Waals surface area contributed by atoms with E-state index in [9.17, 15) is 8.78 Å². The SMILES string of the molecule is FC(F)Oc1ccc(Br)cc1C=Nc1cccc2ccccc12. The summed E-state index contributed by atoms with van der Waals surface area (Å²) in [6.07, 6.45) is 1.53. The lowest BCUT2D eigenvalue weighted by atomic mass is 10.1. The molecule has 3 rings (SSSR count). The first-order valence-corrected chi connectivity index (χ1v) is 7.69. The van der Waals surface area contributed by atoms with E-state index in [0.29, 0.717) is 5.56 Å². The average Bonchev–Trinajstić information content (AvgIpc) is 2.54. The second kappa shape index (κ2) is 6.87. The third-order valence-corrected chi connectivity index (χ3v) is 3.79. The molecule has 5 heteroatoms. The number of ether oxygens (including phenoxy) is 1. The summed E-state index contributed by atoms with van der Waals surface area (Å²) in [5, 5.41) is 2.07. The molecule has 0 fully saturated rings. The van der Waals surface area contributed by atoms with E-state index < -0.39 is 6.61 Å².